The highest BCUT2D eigenvalue weighted by Crippen LogP contribution is 2.23. The third kappa shape index (κ3) is 3.73. The van der Waals surface area contributed by atoms with Gasteiger partial charge in [0, 0.05) is 18.5 Å². The average molecular weight is 313 g/mol. The molecule has 3 rings (SSSR count). The fourth-order valence-corrected chi connectivity index (χ4v) is 2.76. The van der Waals surface area contributed by atoms with Crippen molar-refractivity contribution in [2.45, 2.75) is 45.2 Å². The Kier molecular flexibility index (Phi) is 4.37. The van der Waals surface area contributed by atoms with Crippen molar-refractivity contribution in [2.24, 2.45) is 0 Å². The van der Waals surface area contributed by atoms with E-state index in [0.29, 0.717) is 18.1 Å². The van der Waals surface area contributed by atoms with Crippen molar-refractivity contribution in [3.8, 4) is 5.88 Å². The molecule has 1 aromatic heterocycles. The molecule has 23 heavy (non-hydrogen) atoms. The second kappa shape index (κ2) is 6.44. The van der Waals surface area contributed by atoms with Gasteiger partial charge in [0.1, 0.15) is 5.56 Å². The third-order valence-corrected chi connectivity index (χ3v) is 4.12. The van der Waals surface area contributed by atoms with Crippen LogP contribution in [0.3, 0.4) is 0 Å². The Bertz CT molecular complexity index is 677. The maximum atomic E-state index is 12.6. The zero-order valence-corrected chi connectivity index (χ0v) is 13.7. The van der Waals surface area contributed by atoms with Crippen molar-refractivity contribution in [3.05, 3.63) is 47.7 Å². The molecule has 0 bridgehead atoms. The molecule has 122 valence electrons. The molecule has 0 aliphatic carbocycles. The maximum Gasteiger partial charge on any atom is 0.258 e. The molecule has 5 nitrogen and oxygen atoms in total. The summed E-state index contributed by atoms with van der Waals surface area (Å²) < 4.78 is 7.36. The maximum absolute atomic E-state index is 12.6. The van der Waals surface area contributed by atoms with E-state index in [1.54, 1.807) is 10.9 Å². The fraction of sp³-hybridized carbons (Fsp3) is 0.444. The Morgan fingerprint density at radius 3 is 2.91 bits per heavy atom. The lowest BCUT2D eigenvalue weighted by molar-refractivity contribution is 0.0903. The van der Waals surface area contributed by atoms with Crippen molar-refractivity contribution >= 4 is 5.91 Å². The van der Waals surface area contributed by atoms with Gasteiger partial charge in [-0.1, -0.05) is 30.3 Å². The molecular weight excluding hydrogens is 290 g/mol. The van der Waals surface area contributed by atoms with Gasteiger partial charge in [-0.15, -0.1) is 0 Å². The number of aryl methyl sites for hydroxylation is 2. The van der Waals surface area contributed by atoms with E-state index in [-0.39, 0.29) is 11.4 Å². The standard InChI is InChI=1S/C18H23N3O2/c1-18(2,10-9-14-7-4-3-5-8-14)20-16(22)15-13-19-21-11-6-12-23-17(15)21/h3-5,7-8,13H,6,9-12H2,1-2H3,(H,20,22). The summed E-state index contributed by atoms with van der Waals surface area (Å²) in [6.07, 6.45) is 4.32. The molecule has 1 amide bonds. The van der Waals surface area contributed by atoms with Crippen LogP contribution in [0.1, 0.15) is 42.6 Å². The first kappa shape index (κ1) is 15.6. The Balaban J connectivity index is 1.63. The third-order valence-electron chi connectivity index (χ3n) is 4.12. The van der Waals surface area contributed by atoms with Crippen LogP contribution in [-0.2, 0) is 13.0 Å². The minimum Gasteiger partial charge on any atom is -0.477 e. The van der Waals surface area contributed by atoms with Crippen LogP contribution in [0.15, 0.2) is 36.5 Å². The van der Waals surface area contributed by atoms with Gasteiger partial charge < -0.3 is 10.1 Å². The zero-order valence-electron chi connectivity index (χ0n) is 13.7. The summed E-state index contributed by atoms with van der Waals surface area (Å²) in [4.78, 5) is 12.6. The zero-order chi connectivity index (χ0) is 16.3. The van der Waals surface area contributed by atoms with Crippen LogP contribution >= 0.6 is 0 Å². The number of nitrogens with one attached hydrogen (secondary N) is 1. The highest BCUT2D eigenvalue weighted by atomic mass is 16.5. The molecule has 5 heteroatoms. The summed E-state index contributed by atoms with van der Waals surface area (Å²) in [5, 5.41) is 7.34. The summed E-state index contributed by atoms with van der Waals surface area (Å²) in [6.45, 7) is 5.54. The lowest BCUT2D eigenvalue weighted by Crippen LogP contribution is -2.43. The van der Waals surface area contributed by atoms with E-state index in [4.69, 9.17) is 4.74 Å². The molecule has 0 saturated carbocycles. The second-order valence-electron chi connectivity index (χ2n) is 6.61. The SMILES string of the molecule is CC(C)(CCc1ccccc1)NC(=O)c1cnn2c1OCCC2. The number of fused-ring (bicyclic) bond motifs is 1. The number of hydrogen-bond donors (Lipinski definition) is 1. The molecule has 0 atom stereocenters. The summed E-state index contributed by atoms with van der Waals surface area (Å²) in [5.74, 6) is 0.471. The van der Waals surface area contributed by atoms with Gasteiger partial charge in [0.2, 0.25) is 5.88 Å². The van der Waals surface area contributed by atoms with Crippen molar-refractivity contribution in [1.29, 1.82) is 0 Å². The Morgan fingerprint density at radius 2 is 2.13 bits per heavy atom. The van der Waals surface area contributed by atoms with Crippen LogP contribution in [-0.4, -0.2) is 27.8 Å². The van der Waals surface area contributed by atoms with Gasteiger partial charge in [0.15, 0.2) is 0 Å². The molecule has 2 aromatic rings. The van der Waals surface area contributed by atoms with E-state index in [2.05, 4.69) is 22.5 Å². The molecule has 1 aliphatic heterocycles. The monoisotopic (exact) mass is 313 g/mol. The first-order valence-electron chi connectivity index (χ1n) is 8.10. The Hall–Kier alpha value is -2.30. The largest absolute Gasteiger partial charge is 0.477 e. The molecule has 0 fully saturated rings. The van der Waals surface area contributed by atoms with Crippen molar-refractivity contribution in [2.75, 3.05) is 6.61 Å². The molecule has 0 radical (unpaired) electrons. The van der Waals surface area contributed by atoms with Crippen LogP contribution < -0.4 is 10.1 Å². The number of rotatable bonds is 5. The lowest BCUT2D eigenvalue weighted by Gasteiger charge is -2.26. The molecule has 2 heterocycles. The average Bonchev–Trinajstić information content (AvgIpc) is 2.98. The lowest BCUT2D eigenvalue weighted by atomic mass is 9.95. The molecule has 1 aromatic carbocycles. The summed E-state index contributed by atoms with van der Waals surface area (Å²) in [6, 6.07) is 10.3. The molecule has 1 aliphatic rings. The van der Waals surface area contributed by atoms with E-state index in [0.717, 1.165) is 25.8 Å². The molecular formula is C18H23N3O2. The number of benzene rings is 1. The normalized spacial score (nSPS) is 14.0. The fourth-order valence-electron chi connectivity index (χ4n) is 2.76. The van der Waals surface area contributed by atoms with Crippen LogP contribution in [0.2, 0.25) is 0 Å². The molecule has 0 spiro atoms. The second-order valence-corrected chi connectivity index (χ2v) is 6.61. The number of ether oxygens (including phenoxy) is 1. The highest BCUT2D eigenvalue weighted by molar-refractivity contribution is 5.96. The minimum atomic E-state index is -0.295. The first-order valence-corrected chi connectivity index (χ1v) is 8.10. The number of carbonyl (C=O) groups excluding carboxylic acids is 1. The van der Waals surface area contributed by atoms with Gasteiger partial charge in [0.25, 0.3) is 5.91 Å². The molecule has 1 N–H and O–H groups in total. The summed E-state index contributed by atoms with van der Waals surface area (Å²) >= 11 is 0. The van der Waals surface area contributed by atoms with Crippen LogP contribution in [0.4, 0.5) is 0 Å². The van der Waals surface area contributed by atoms with Crippen molar-refractivity contribution < 1.29 is 9.53 Å². The van der Waals surface area contributed by atoms with Gasteiger partial charge in [-0.05, 0) is 32.3 Å². The summed E-state index contributed by atoms with van der Waals surface area (Å²) in [5.41, 5.74) is 1.51. The number of aromatic nitrogens is 2. The van der Waals surface area contributed by atoms with E-state index in [1.165, 1.54) is 5.56 Å². The van der Waals surface area contributed by atoms with Gasteiger partial charge in [-0.3, -0.25) is 4.79 Å². The number of nitrogens with zero attached hydrogens (tertiary/aromatic N) is 2. The summed E-state index contributed by atoms with van der Waals surface area (Å²) in [7, 11) is 0. The van der Waals surface area contributed by atoms with E-state index >= 15 is 0 Å². The number of hydrogen-bond acceptors (Lipinski definition) is 3. The first-order chi connectivity index (χ1) is 11.1. The smallest absolute Gasteiger partial charge is 0.258 e. The van der Waals surface area contributed by atoms with Gasteiger partial charge in [-0.2, -0.15) is 5.10 Å². The number of carbonyl (C=O) groups is 1. The van der Waals surface area contributed by atoms with E-state index in [1.807, 2.05) is 32.0 Å². The van der Waals surface area contributed by atoms with Crippen molar-refractivity contribution in [1.82, 2.24) is 15.1 Å². The van der Waals surface area contributed by atoms with Crippen molar-refractivity contribution in [3.63, 3.8) is 0 Å². The highest BCUT2D eigenvalue weighted by Gasteiger charge is 2.26. The van der Waals surface area contributed by atoms with Crippen LogP contribution in [0.5, 0.6) is 5.88 Å². The van der Waals surface area contributed by atoms with Gasteiger partial charge >= 0.3 is 0 Å². The molecule has 0 unspecified atom stereocenters. The number of amides is 1. The topological polar surface area (TPSA) is 56.2 Å². The van der Waals surface area contributed by atoms with Crippen LogP contribution in [0, 0.1) is 0 Å². The van der Waals surface area contributed by atoms with Gasteiger partial charge in [-0.25, -0.2) is 4.68 Å². The predicted molar refractivity (Wildman–Crippen MR) is 88.6 cm³/mol. The Morgan fingerprint density at radius 1 is 1.35 bits per heavy atom. The van der Waals surface area contributed by atoms with E-state index < -0.39 is 0 Å². The quantitative estimate of drug-likeness (QED) is 0.923. The van der Waals surface area contributed by atoms with Gasteiger partial charge in [0.05, 0.1) is 12.8 Å². The van der Waals surface area contributed by atoms with Crippen LogP contribution in [0.25, 0.3) is 0 Å². The Labute approximate surface area is 136 Å². The van der Waals surface area contributed by atoms with E-state index in [9.17, 15) is 4.79 Å². The predicted octanol–water partition coefficient (Wildman–Crippen LogP) is 2.81. The minimum absolute atomic E-state index is 0.119. The molecule has 0 saturated heterocycles.